The number of amides is 3. The second-order valence-corrected chi connectivity index (χ2v) is 7.80. The van der Waals surface area contributed by atoms with Crippen LogP contribution in [0.3, 0.4) is 0 Å². The molecular formula is C23H15Cl2N3O5. The van der Waals surface area contributed by atoms with Gasteiger partial charge in [0.15, 0.2) is 11.3 Å². The van der Waals surface area contributed by atoms with Crippen molar-refractivity contribution < 1.29 is 23.9 Å². The quantitative estimate of drug-likeness (QED) is 0.328. The number of fused-ring (bicyclic) bond motifs is 1. The fourth-order valence-electron chi connectivity index (χ4n) is 3.22. The van der Waals surface area contributed by atoms with Gasteiger partial charge in [-0.25, -0.2) is 14.7 Å². The SMILES string of the molecule is CC(OC(=O)c1ccc2c(c1)C(=O)N(c1ccccc1Cl)C2=O)C(=O)Nc1cccnc1Cl. The van der Waals surface area contributed by atoms with Crippen molar-refractivity contribution in [1.82, 2.24) is 4.98 Å². The van der Waals surface area contributed by atoms with Crippen molar-refractivity contribution in [3.63, 3.8) is 0 Å². The van der Waals surface area contributed by atoms with Crippen LogP contribution in [-0.2, 0) is 9.53 Å². The summed E-state index contributed by atoms with van der Waals surface area (Å²) in [5, 5.41) is 2.85. The summed E-state index contributed by atoms with van der Waals surface area (Å²) < 4.78 is 5.22. The Labute approximate surface area is 198 Å². The second kappa shape index (κ2) is 9.01. The van der Waals surface area contributed by atoms with Crippen LogP contribution in [0.1, 0.15) is 38.0 Å². The van der Waals surface area contributed by atoms with Gasteiger partial charge in [0.25, 0.3) is 17.7 Å². The van der Waals surface area contributed by atoms with Crippen LogP contribution in [0.25, 0.3) is 0 Å². The number of nitrogens with zero attached hydrogens (tertiary/aromatic N) is 2. The summed E-state index contributed by atoms with van der Waals surface area (Å²) in [6, 6.07) is 13.6. The first-order valence-electron chi connectivity index (χ1n) is 9.67. The van der Waals surface area contributed by atoms with Crippen LogP contribution in [0.5, 0.6) is 0 Å². The molecule has 0 spiro atoms. The maximum atomic E-state index is 12.9. The van der Waals surface area contributed by atoms with Gasteiger partial charge in [-0.3, -0.25) is 14.4 Å². The number of esters is 1. The van der Waals surface area contributed by atoms with Crippen LogP contribution in [0, 0.1) is 0 Å². The molecule has 10 heteroatoms. The number of carbonyl (C=O) groups excluding carboxylic acids is 4. The van der Waals surface area contributed by atoms with Gasteiger partial charge in [0.2, 0.25) is 0 Å². The molecule has 0 aliphatic carbocycles. The highest BCUT2D eigenvalue weighted by Crippen LogP contribution is 2.33. The number of imide groups is 1. The molecule has 4 rings (SSSR count). The Morgan fingerprint density at radius 1 is 1.00 bits per heavy atom. The van der Waals surface area contributed by atoms with Gasteiger partial charge in [0, 0.05) is 6.20 Å². The van der Waals surface area contributed by atoms with Crippen LogP contribution < -0.4 is 10.2 Å². The van der Waals surface area contributed by atoms with Crippen molar-refractivity contribution >= 4 is 58.3 Å². The first-order valence-corrected chi connectivity index (χ1v) is 10.4. The number of hydrogen-bond donors (Lipinski definition) is 1. The van der Waals surface area contributed by atoms with Crippen LogP contribution in [0.2, 0.25) is 10.2 Å². The van der Waals surface area contributed by atoms with Gasteiger partial charge in [-0.15, -0.1) is 0 Å². The molecule has 1 aliphatic heterocycles. The number of ether oxygens (including phenoxy) is 1. The summed E-state index contributed by atoms with van der Waals surface area (Å²) in [7, 11) is 0. The molecular weight excluding hydrogens is 469 g/mol. The third kappa shape index (κ3) is 4.30. The molecule has 8 nitrogen and oxygen atoms in total. The number of halogens is 2. The molecule has 166 valence electrons. The maximum absolute atomic E-state index is 12.9. The number of hydrogen-bond acceptors (Lipinski definition) is 6. The monoisotopic (exact) mass is 483 g/mol. The maximum Gasteiger partial charge on any atom is 0.338 e. The van der Waals surface area contributed by atoms with Gasteiger partial charge in [-0.05, 0) is 49.4 Å². The van der Waals surface area contributed by atoms with Gasteiger partial charge in [0.05, 0.1) is 33.1 Å². The van der Waals surface area contributed by atoms with Crippen molar-refractivity contribution in [3.05, 3.63) is 87.7 Å². The lowest BCUT2D eigenvalue weighted by Crippen LogP contribution is -2.30. The van der Waals surface area contributed by atoms with Gasteiger partial charge in [-0.1, -0.05) is 35.3 Å². The topological polar surface area (TPSA) is 106 Å². The number of rotatable bonds is 5. The van der Waals surface area contributed by atoms with E-state index in [0.29, 0.717) is 0 Å². The molecule has 0 saturated carbocycles. The van der Waals surface area contributed by atoms with Gasteiger partial charge in [-0.2, -0.15) is 0 Å². The van der Waals surface area contributed by atoms with E-state index < -0.39 is 29.8 Å². The lowest BCUT2D eigenvalue weighted by Gasteiger charge is -2.15. The molecule has 2 aromatic carbocycles. The smallest absolute Gasteiger partial charge is 0.338 e. The summed E-state index contributed by atoms with van der Waals surface area (Å²) >= 11 is 12.1. The highest BCUT2D eigenvalue weighted by atomic mass is 35.5. The normalized spacial score (nSPS) is 13.5. The van der Waals surface area contributed by atoms with E-state index in [2.05, 4.69) is 10.3 Å². The van der Waals surface area contributed by atoms with E-state index in [1.807, 2.05) is 0 Å². The third-order valence-electron chi connectivity index (χ3n) is 4.89. The van der Waals surface area contributed by atoms with Crippen LogP contribution in [0.15, 0.2) is 60.8 Å². The minimum absolute atomic E-state index is 0.00923. The molecule has 33 heavy (non-hydrogen) atoms. The van der Waals surface area contributed by atoms with Gasteiger partial charge < -0.3 is 10.1 Å². The zero-order valence-corrected chi connectivity index (χ0v) is 18.6. The number of carbonyl (C=O) groups is 4. The molecule has 0 saturated heterocycles. The zero-order valence-electron chi connectivity index (χ0n) is 17.0. The van der Waals surface area contributed by atoms with Crippen molar-refractivity contribution in [3.8, 4) is 0 Å². The van der Waals surface area contributed by atoms with E-state index in [1.54, 1.807) is 36.4 Å². The minimum atomic E-state index is -1.17. The molecule has 3 aromatic rings. The molecule has 1 unspecified atom stereocenters. The van der Waals surface area contributed by atoms with Crippen molar-refractivity contribution in [1.29, 1.82) is 0 Å². The van der Waals surface area contributed by atoms with E-state index >= 15 is 0 Å². The average molecular weight is 484 g/mol. The predicted molar refractivity (Wildman–Crippen MR) is 122 cm³/mol. The predicted octanol–water partition coefficient (Wildman–Crippen LogP) is 4.37. The van der Waals surface area contributed by atoms with E-state index in [4.69, 9.17) is 27.9 Å². The lowest BCUT2D eigenvalue weighted by atomic mass is 10.1. The third-order valence-corrected chi connectivity index (χ3v) is 5.51. The Balaban J connectivity index is 1.51. The van der Waals surface area contributed by atoms with Crippen LogP contribution in [-0.4, -0.2) is 34.8 Å². The van der Waals surface area contributed by atoms with Gasteiger partial charge in [0.1, 0.15) is 0 Å². The van der Waals surface area contributed by atoms with E-state index in [9.17, 15) is 19.2 Å². The molecule has 1 aliphatic rings. The number of nitrogens with one attached hydrogen (secondary N) is 1. The van der Waals surface area contributed by atoms with E-state index in [0.717, 1.165) is 4.90 Å². The molecule has 3 amide bonds. The Morgan fingerprint density at radius 2 is 1.73 bits per heavy atom. The lowest BCUT2D eigenvalue weighted by molar-refractivity contribution is -0.123. The van der Waals surface area contributed by atoms with Crippen LogP contribution >= 0.6 is 23.2 Å². The number of para-hydroxylation sites is 1. The van der Waals surface area contributed by atoms with Crippen molar-refractivity contribution in [2.75, 3.05) is 10.2 Å². The summed E-state index contributed by atoms with van der Waals surface area (Å²) in [4.78, 5) is 55.4. The standard InChI is InChI=1S/C23H15Cl2N3O5/c1-12(20(29)27-17-6-4-10-26-19(17)25)33-23(32)13-8-9-14-15(11-13)22(31)28(21(14)30)18-7-3-2-5-16(18)24/h2-12H,1H3,(H,27,29). The number of aromatic nitrogens is 1. The average Bonchev–Trinajstić information content (AvgIpc) is 3.05. The highest BCUT2D eigenvalue weighted by Gasteiger charge is 2.38. The second-order valence-electron chi connectivity index (χ2n) is 7.04. The van der Waals surface area contributed by atoms with Crippen molar-refractivity contribution in [2.24, 2.45) is 0 Å². The summed E-state index contributed by atoms with van der Waals surface area (Å²) in [5.74, 6) is -2.62. The van der Waals surface area contributed by atoms with Crippen molar-refractivity contribution in [2.45, 2.75) is 13.0 Å². The Morgan fingerprint density at radius 3 is 2.45 bits per heavy atom. The Bertz CT molecular complexity index is 1310. The Kier molecular flexibility index (Phi) is 6.13. The molecule has 0 bridgehead atoms. The number of benzene rings is 2. The first-order chi connectivity index (χ1) is 15.8. The highest BCUT2D eigenvalue weighted by molar-refractivity contribution is 6.40. The number of pyridine rings is 1. The molecule has 1 atom stereocenters. The molecule has 0 fully saturated rings. The fourth-order valence-corrected chi connectivity index (χ4v) is 3.60. The van der Waals surface area contributed by atoms with E-state index in [1.165, 1.54) is 31.3 Å². The first kappa shape index (κ1) is 22.4. The fraction of sp³-hybridized carbons (Fsp3) is 0.0870. The largest absolute Gasteiger partial charge is 0.449 e. The molecule has 0 radical (unpaired) electrons. The van der Waals surface area contributed by atoms with E-state index in [-0.39, 0.29) is 38.2 Å². The molecule has 2 heterocycles. The summed E-state index contributed by atoms with van der Waals surface area (Å²) in [6.45, 7) is 1.39. The minimum Gasteiger partial charge on any atom is -0.449 e. The van der Waals surface area contributed by atoms with Gasteiger partial charge >= 0.3 is 5.97 Å². The molecule has 1 N–H and O–H groups in total. The van der Waals surface area contributed by atoms with Crippen LogP contribution in [0.4, 0.5) is 11.4 Å². The number of anilines is 2. The summed E-state index contributed by atoms with van der Waals surface area (Å²) in [6.07, 6.45) is 0.299. The summed E-state index contributed by atoms with van der Waals surface area (Å²) in [5.41, 5.74) is 0.694. The Hall–Kier alpha value is -3.75. The zero-order chi connectivity index (χ0) is 23.7. The molecule has 1 aromatic heterocycles.